The zero-order valence-corrected chi connectivity index (χ0v) is 16.2. The van der Waals surface area contributed by atoms with Crippen LogP contribution in [0, 0.1) is 0 Å². The van der Waals surface area contributed by atoms with Gasteiger partial charge in [-0.1, -0.05) is 6.08 Å². The highest BCUT2D eigenvalue weighted by Crippen LogP contribution is 2.37. The number of hydrogen-bond acceptors (Lipinski definition) is 7. The normalized spacial score (nSPS) is 16.6. The number of aromatic hydroxyl groups is 1. The van der Waals surface area contributed by atoms with E-state index >= 15 is 0 Å². The number of amides is 2. The summed E-state index contributed by atoms with van der Waals surface area (Å²) in [5.41, 5.74) is 1.17. The number of benzene rings is 1. The molecule has 1 aromatic carbocycles. The second-order valence-corrected chi connectivity index (χ2v) is 6.70. The van der Waals surface area contributed by atoms with E-state index in [2.05, 4.69) is 11.3 Å². The van der Waals surface area contributed by atoms with Gasteiger partial charge >= 0.3 is 5.97 Å². The number of phenolic OH excluding ortho intramolecular Hbond substituents is 1. The fourth-order valence-corrected chi connectivity index (χ4v) is 3.50. The van der Waals surface area contributed by atoms with E-state index in [0.29, 0.717) is 24.2 Å². The van der Waals surface area contributed by atoms with Crippen LogP contribution in [0.3, 0.4) is 0 Å². The van der Waals surface area contributed by atoms with Gasteiger partial charge in [0.2, 0.25) is 0 Å². The molecule has 1 aliphatic rings. The highest BCUT2D eigenvalue weighted by atomic mass is 32.2. The van der Waals surface area contributed by atoms with Gasteiger partial charge in [-0.25, -0.2) is 4.79 Å². The van der Waals surface area contributed by atoms with Gasteiger partial charge < -0.3 is 14.6 Å². The molecule has 8 heteroatoms. The summed E-state index contributed by atoms with van der Waals surface area (Å²) in [7, 11) is 1.20. The zero-order chi connectivity index (χ0) is 20.1. The number of hydrogen-bond donors (Lipinski definition) is 1. The Morgan fingerprint density at radius 2 is 2.11 bits per heavy atom. The maximum atomic E-state index is 12.6. The Kier molecular flexibility index (Phi) is 6.68. The summed E-state index contributed by atoms with van der Waals surface area (Å²) >= 11 is 0.743. The fraction of sp³-hybridized carbons (Fsp3) is 0.316. The number of rotatable bonds is 7. The Morgan fingerprint density at radius 3 is 2.70 bits per heavy atom. The third-order valence-corrected chi connectivity index (χ3v) is 4.77. The molecule has 27 heavy (non-hydrogen) atoms. The maximum absolute atomic E-state index is 12.6. The van der Waals surface area contributed by atoms with Crippen LogP contribution in [0.15, 0.2) is 29.7 Å². The summed E-state index contributed by atoms with van der Waals surface area (Å²) < 4.78 is 10.0. The molecule has 2 rings (SSSR count). The molecular weight excluding hydrogens is 370 g/mol. The van der Waals surface area contributed by atoms with E-state index in [9.17, 15) is 19.5 Å². The van der Waals surface area contributed by atoms with Gasteiger partial charge in [-0.3, -0.25) is 14.5 Å². The lowest BCUT2D eigenvalue weighted by atomic mass is 10.0. The lowest BCUT2D eigenvalue weighted by Crippen LogP contribution is -2.42. The smallest absolute Gasteiger partial charge is 0.328 e. The first kappa shape index (κ1) is 20.6. The van der Waals surface area contributed by atoms with Crippen LogP contribution in [0.1, 0.15) is 25.0 Å². The van der Waals surface area contributed by atoms with E-state index in [1.807, 2.05) is 0 Å². The Balaban J connectivity index is 2.40. The quantitative estimate of drug-likeness (QED) is 0.434. The maximum Gasteiger partial charge on any atom is 0.328 e. The number of carbonyl (C=O) groups excluding carboxylic acids is 3. The standard InChI is InChI=1S/C19H21NO6S/c1-5-7-13-8-12(9-14(16(13)21)26-6-2)10-15-17(22)20(19(24)27-15)11(3)18(23)25-4/h5,8-11,21H,1,6-7H2,2-4H3/b15-10-/t11-/m0/s1. The molecule has 0 saturated carbocycles. The minimum atomic E-state index is -1.01. The average Bonchev–Trinajstić information content (AvgIpc) is 2.91. The van der Waals surface area contributed by atoms with Crippen molar-refractivity contribution < 1.29 is 29.0 Å². The first-order valence-corrected chi connectivity index (χ1v) is 9.10. The van der Waals surface area contributed by atoms with Gasteiger partial charge in [0.15, 0.2) is 11.5 Å². The number of imide groups is 1. The van der Waals surface area contributed by atoms with Crippen molar-refractivity contribution in [2.24, 2.45) is 0 Å². The average molecular weight is 391 g/mol. The molecule has 1 aliphatic heterocycles. The molecule has 0 aromatic heterocycles. The molecule has 1 fully saturated rings. The van der Waals surface area contributed by atoms with Crippen LogP contribution < -0.4 is 4.74 Å². The Bertz CT molecular complexity index is 817. The molecule has 1 N–H and O–H groups in total. The molecular formula is C19H21NO6S. The van der Waals surface area contributed by atoms with Gasteiger partial charge in [-0.2, -0.15) is 0 Å². The van der Waals surface area contributed by atoms with Gasteiger partial charge in [-0.15, -0.1) is 6.58 Å². The van der Waals surface area contributed by atoms with E-state index in [1.165, 1.54) is 20.1 Å². The van der Waals surface area contributed by atoms with Crippen LogP contribution in [-0.4, -0.2) is 46.9 Å². The highest BCUT2D eigenvalue weighted by molar-refractivity contribution is 8.18. The molecule has 0 spiro atoms. The predicted octanol–water partition coefficient (Wildman–Crippen LogP) is 3.12. The molecule has 0 aliphatic carbocycles. The van der Waals surface area contributed by atoms with Crippen molar-refractivity contribution in [1.29, 1.82) is 0 Å². The van der Waals surface area contributed by atoms with E-state index in [0.717, 1.165) is 16.7 Å². The van der Waals surface area contributed by atoms with Crippen molar-refractivity contribution in [1.82, 2.24) is 4.90 Å². The van der Waals surface area contributed by atoms with Gasteiger partial charge in [-0.05, 0) is 55.8 Å². The van der Waals surface area contributed by atoms with Crippen molar-refractivity contribution in [2.75, 3.05) is 13.7 Å². The molecule has 1 aromatic rings. The lowest BCUT2D eigenvalue weighted by Gasteiger charge is -2.18. The van der Waals surface area contributed by atoms with E-state index in [-0.39, 0.29) is 16.4 Å². The fourth-order valence-electron chi connectivity index (χ4n) is 2.59. The summed E-state index contributed by atoms with van der Waals surface area (Å²) in [5.74, 6) is -0.944. The number of thioether (sulfide) groups is 1. The van der Waals surface area contributed by atoms with Crippen LogP contribution in [0.2, 0.25) is 0 Å². The molecule has 7 nitrogen and oxygen atoms in total. The largest absolute Gasteiger partial charge is 0.504 e. The molecule has 0 unspecified atom stereocenters. The highest BCUT2D eigenvalue weighted by Gasteiger charge is 2.41. The number of esters is 1. The molecule has 1 atom stereocenters. The Hall–Kier alpha value is -2.74. The minimum absolute atomic E-state index is 0.0151. The minimum Gasteiger partial charge on any atom is -0.504 e. The molecule has 0 bridgehead atoms. The van der Waals surface area contributed by atoms with Crippen molar-refractivity contribution in [2.45, 2.75) is 26.3 Å². The number of methoxy groups -OCH3 is 1. The first-order chi connectivity index (χ1) is 12.8. The molecule has 2 amide bonds. The summed E-state index contributed by atoms with van der Waals surface area (Å²) in [5, 5.41) is 9.71. The summed E-state index contributed by atoms with van der Waals surface area (Å²) in [6.07, 6.45) is 3.58. The lowest BCUT2D eigenvalue weighted by molar-refractivity contribution is -0.148. The third kappa shape index (κ3) is 4.33. The monoisotopic (exact) mass is 391 g/mol. The third-order valence-electron chi connectivity index (χ3n) is 3.89. The Labute approximate surface area is 161 Å². The number of ether oxygens (including phenoxy) is 2. The molecule has 144 valence electrons. The molecule has 0 radical (unpaired) electrons. The number of phenols is 1. The first-order valence-electron chi connectivity index (χ1n) is 8.28. The molecule has 1 heterocycles. The summed E-state index contributed by atoms with van der Waals surface area (Å²) in [4.78, 5) is 37.5. The van der Waals surface area contributed by atoms with Crippen LogP contribution >= 0.6 is 11.8 Å². The topological polar surface area (TPSA) is 93.1 Å². The second-order valence-electron chi connectivity index (χ2n) is 5.70. The van der Waals surface area contributed by atoms with E-state index in [1.54, 1.807) is 25.1 Å². The second kappa shape index (κ2) is 8.77. The van der Waals surface area contributed by atoms with Gasteiger partial charge in [0, 0.05) is 5.56 Å². The van der Waals surface area contributed by atoms with Crippen molar-refractivity contribution >= 4 is 35.0 Å². The predicted molar refractivity (Wildman–Crippen MR) is 102 cm³/mol. The van der Waals surface area contributed by atoms with E-state index in [4.69, 9.17) is 4.74 Å². The Morgan fingerprint density at radius 1 is 1.41 bits per heavy atom. The number of carbonyl (C=O) groups is 3. The van der Waals surface area contributed by atoms with Gasteiger partial charge in [0.05, 0.1) is 18.6 Å². The summed E-state index contributed by atoms with van der Waals surface area (Å²) in [6.45, 7) is 7.24. The van der Waals surface area contributed by atoms with Crippen molar-refractivity contribution in [3.8, 4) is 11.5 Å². The molecule has 1 saturated heterocycles. The van der Waals surface area contributed by atoms with Crippen molar-refractivity contribution in [3.63, 3.8) is 0 Å². The van der Waals surface area contributed by atoms with Crippen LogP contribution in [0.4, 0.5) is 4.79 Å². The van der Waals surface area contributed by atoms with Gasteiger partial charge in [0.1, 0.15) is 6.04 Å². The zero-order valence-electron chi connectivity index (χ0n) is 15.4. The number of allylic oxidation sites excluding steroid dienone is 1. The SMILES string of the molecule is C=CCc1cc(/C=C2\SC(=O)N([C@@H](C)C(=O)OC)C2=O)cc(OCC)c1O. The van der Waals surface area contributed by atoms with Crippen molar-refractivity contribution in [3.05, 3.63) is 40.8 Å². The van der Waals surface area contributed by atoms with E-state index < -0.39 is 23.2 Å². The number of nitrogens with zero attached hydrogens (tertiary/aromatic N) is 1. The van der Waals surface area contributed by atoms with Crippen LogP contribution in [-0.2, 0) is 20.7 Å². The summed E-state index contributed by atoms with van der Waals surface area (Å²) in [6, 6.07) is 2.27. The van der Waals surface area contributed by atoms with Crippen LogP contribution in [0.5, 0.6) is 11.5 Å². The van der Waals surface area contributed by atoms with Crippen LogP contribution in [0.25, 0.3) is 6.08 Å². The van der Waals surface area contributed by atoms with Gasteiger partial charge in [0.25, 0.3) is 11.1 Å².